The number of amides is 1. The van der Waals surface area contributed by atoms with E-state index >= 15 is 0 Å². The van der Waals surface area contributed by atoms with Crippen LogP contribution in [0.4, 0.5) is 0 Å². The normalized spacial score (nSPS) is 42.3. The van der Waals surface area contributed by atoms with Crippen LogP contribution in [0.5, 0.6) is 0 Å². The number of nitrogens with one attached hydrogen (secondary N) is 1. The van der Waals surface area contributed by atoms with Gasteiger partial charge in [-0.25, -0.2) is 0 Å². The van der Waals surface area contributed by atoms with Crippen LogP contribution in [0.3, 0.4) is 0 Å². The first-order valence-corrected chi connectivity index (χ1v) is 15.7. The van der Waals surface area contributed by atoms with Gasteiger partial charge < -0.3 is 74.6 Å². The molecule has 0 radical (unpaired) electrons. The van der Waals surface area contributed by atoms with E-state index in [1.54, 1.807) is 13.8 Å². The van der Waals surface area contributed by atoms with Gasteiger partial charge in [-0.3, -0.25) is 4.79 Å². The van der Waals surface area contributed by atoms with E-state index in [1.165, 1.54) is 13.8 Å². The van der Waals surface area contributed by atoms with Crippen LogP contribution in [0.1, 0.15) is 47.0 Å². The third kappa shape index (κ3) is 9.68. The van der Waals surface area contributed by atoms with Crippen molar-refractivity contribution < 1.29 is 74.1 Å². The summed E-state index contributed by atoms with van der Waals surface area (Å²) >= 11 is 0. The first-order valence-electron chi connectivity index (χ1n) is 15.7. The molecule has 3 saturated heterocycles. The maximum absolute atomic E-state index is 11.9. The van der Waals surface area contributed by atoms with Crippen LogP contribution >= 0.6 is 0 Å². The van der Waals surface area contributed by atoms with Gasteiger partial charge in [0.1, 0.15) is 48.8 Å². The molecule has 0 aromatic rings. The summed E-state index contributed by atoms with van der Waals surface area (Å²) in [6.07, 6.45) is -18.2. The quantitative estimate of drug-likeness (QED) is 0.0363. The Morgan fingerprint density at radius 3 is 2.26 bits per heavy atom. The molecule has 3 aliphatic rings. The minimum absolute atomic E-state index is 0.116. The summed E-state index contributed by atoms with van der Waals surface area (Å²) in [5.74, 6) is -3.07. The summed E-state index contributed by atoms with van der Waals surface area (Å²) in [5.41, 5.74) is 8.45. The Bertz CT molecular complexity index is 1040. The highest BCUT2D eigenvalue weighted by Crippen LogP contribution is 2.38. The number of hydrogen-bond donors (Lipinski definition) is 9. The fourth-order valence-corrected chi connectivity index (χ4v) is 6.09. The molecule has 0 aliphatic carbocycles. The van der Waals surface area contributed by atoms with Gasteiger partial charge >= 0.3 is 0 Å². The van der Waals surface area contributed by atoms with Crippen molar-refractivity contribution in [2.45, 2.75) is 139 Å². The maximum Gasteiger partial charge on any atom is 0.217 e. The number of aliphatic hydroxyl groups excluding tert-OH is 8. The number of hydrogen-bond acceptors (Lipinski definition) is 16. The van der Waals surface area contributed by atoms with Crippen LogP contribution in [-0.4, -0.2) is 165 Å². The monoisotopic (exact) mass is 682 g/mol. The zero-order valence-corrected chi connectivity index (χ0v) is 26.9. The van der Waals surface area contributed by atoms with Crippen LogP contribution in [-0.2, 0) is 33.2 Å². The smallest absolute Gasteiger partial charge is 0.217 e. The van der Waals surface area contributed by atoms with Crippen LogP contribution in [0.25, 0.3) is 10.4 Å². The third-order valence-electron chi connectivity index (χ3n) is 8.65. The Morgan fingerprint density at radius 1 is 1.06 bits per heavy atom. The van der Waals surface area contributed by atoms with Crippen molar-refractivity contribution in [2.24, 2.45) is 11.0 Å². The van der Waals surface area contributed by atoms with Gasteiger partial charge in [0.15, 0.2) is 18.4 Å². The van der Waals surface area contributed by atoms with E-state index in [1.807, 2.05) is 0 Å². The molecule has 3 aliphatic heterocycles. The molecule has 19 nitrogen and oxygen atoms in total. The summed E-state index contributed by atoms with van der Waals surface area (Å²) in [6.45, 7) is 4.75. The second-order valence-corrected chi connectivity index (χ2v) is 12.3. The van der Waals surface area contributed by atoms with Crippen LogP contribution in [0.15, 0.2) is 5.11 Å². The summed E-state index contributed by atoms with van der Waals surface area (Å²) < 4.78 is 35.2. The average Bonchev–Trinajstić information content (AvgIpc) is 3.03. The lowest BCUT2D eigenvalue weighted by atomic mass is 9.88. The Hall–Kier alpha value is -1.78. The molecule has 0 aromatic heterocycles. The number of carbonyl (C=O) groups is 1. The lowest BCUT2D eigenvalue weighted by molar-refractivity contribution is -0.386. The van der Waals surface area contributed by atoms with Gasteiger partial charge in [0.2, 0.25) is 5.91 Å². The summed E-state index contributed by atoms with van der Waals surface area (Å²) in [5, 5.41) is 91.4. The van der Waals surface area contributed by atoms with Crippen molar-refractivity contribution in [3.8, 4) is 0 Å². The fraction of sp³-hybridized carbons (Fsp3) is 0.964. The molecule has 0 aromatic carbocycles. The first-order chi connectivity index (χ1) is 22.2. The number of aliphatic hydroxyl groups is 8. The molecule has 19 heteroatoms. The molecule has 0 spiro atoms. The number of azide groups is 1. The van der Waals surface area contributed by atoms with Crippen molar-refractivity contribution in [1.29, 1.82) is 0 Å². The Morgan fingerprint density at radius 2 is 1.68 bits per heavy atom. The molecule has 0 saturated carbocycles. The zero-order valence-electron chi connectivity index (χ0n) is 26.9. The SMILES string of the molecule is CC[C@@H](O)[C@@H](O)C1O[C@](C)(O[C@@H]2C(O)[C@H](O[C@@H]3C(C)[C@@H](OCCCN=[N+]=[N-])OC(CO)[C@@H]3O)OC(CO)[C@@H]2O)C[C@@H](O)[C@H]1NC(C)=O. The standard InChI is InChI=1S/C28H50N4O15/c1-5-14(36)19(38)24-18(31-13(3)35)15(37)9-28(4,46-24)47-25-21(40)17(11-34)44-27(22(25)41)45-23-12(2)26(42-8-6-7-30-32-29)43-16(10-33)20(23)39/h12,14-27,33-34,36-41H,5-11H2,1-4H3,(H,31,35)/t12?,14-,15-,16?,17?,18-,19-,20+,21+,22?,23-,24?,25+,26+,27+,28-/m1/s1. The fourth-order valence-electron chi connectivity index (χ4n) is 6.09. The second-order valence-electron chi connectivity index (χ2n) is 12.3. The van der Waals surface area contributed by atoms with Crippen molar-refractivity contribution >= 4 is 5.91 Å². The van der Waals surface area contributed by atoms with Crippen LogP contribution in [0.2, 0.25) is 0 Å². The van der Waals surface area contributed by atoms with Gasteiger partial charge in [0, 0.05) is 37.3 Å². The molecule has 272 valence electrons. The van der Waals surface area contributed by atoms with E-state index in [0.717, 1.165) is 0 Å². The molecule has 16 atom stereocenters. The van der Waals surface area contributed by atoms with E-state index in [9.17, 15) is 45.6 Å². The highest BCUT2D eigenvalue weighted by atomic mass is 16.7. The number of nitrogens with zero attached hydrogens (tertiary/aromatic N) is 3. The van der Waals surface area contributed by atoms with Gasteiger partial charge in [0.25, 0.3) is 0 Å². The van der Waals surface area contributed by atoms with Crippen LogP contribution < -0.4 is 5.32 Å². The predicted octanol–water partition coefficient (Wildman–Crippen LogP) is -2.87. The maximum atomic E-state index is 11.9. The highest BCUT2D eigenvalue weighted by Gasteiger charge is 2.55. The molecular formula is C28H50N4O15. The van der Waals surface area contributed by atoms with E-state index in [2.05, 4.69) is 15.3 Å². The van der Waals surface area contributed by atoms with Gasteiger partial charge in [-0.05, 0) is 25.3 Å². The number of carbonyl (C=O) groups excluding carboxylic acids is 1. The predicted molar refractivity (Wildman–Crippen MR) is 157 cm³/mol. The number of ether oxygens (including phenoxy) is 6. The highest BCUT2D eigenvalue weighted by molar-refractivity contribution is 5.73. The summed E-state index contributed by atoms with van der Waals surface area (Å²) in [6, 6.07) is -1.14. The molecule has 47 heavy (non-hydrogen) atoms. The summed E-state index contributed by atoms with van der Waals surface area (Å²) in [4.78, 5) is 14.5. The molecule has 0 bridgehead atoms. The summed E-state index contributed by atoms with van der Waals surface area (Å²) in [7, 11) is 0. The van der Waals surface area contributed by atoms with Gasteiger partial charge in [-0.1, -0.05) is 19.0 Å². The molecule has 5 unspecified atom stereocenters. The number of rotatable bonds is 15. The largest absolute Gasteiger partial charge is 0.394 e. The van der Waals surface area contributed by atoms with E-state index in [4.69, 9.17) is 34.0 Å². The molecule has 1 amide bonds. The van der Waals surface area contributed by atoms with E-state index in [0.29, 0.717) is 6.42 Å². The van der Waals surface area contributed by atoms with Gasteiger partial charge in [-0.2, -0.15) is 0 Å². The van der Waals surface area contributed by atoms with Crippen LogP contribution in [0, 0.1) is 5.92 Å². The Balaban J connectivity index is 1.82. The Kier molecular flexibility index (Phi) is 15.0. The first kappa shape index (κ1) is 39.7. The second kappa shape index (κ2) is 17.7. The van der Waals surface area contributed by atoms with E-state index < -0.39 is 117 Å². The molecule has 9 N–H and O–H groups in total. The lowest BCUT2D eigenvalue weighted by Crippen LogP contribution is -2.68. The zero-order chi connectivity index (χ0) is 35.1. The topological polar surface area (TPSA) is 295 Å². The van der Waals surface area contributed by atoms with Gasteiger partial charge in [-0.15, -0.1) is 0 Å². The minimum Gasteiger partial charge on any atom is -0.394 e. The third-order valence-corrected chi connectivity index (χ3v) is 8.65. The van der Waals surface area contributed by atoms with Crippen molar-refractivity contribution in [3.05, 3.63) is 10.4 Å². The van der Waals surface area contributed by atoms with Crippen molar-refractivity contribution in [3.63, 3.8) is 0 Å². The minimum atomic E-state index is -1.83. The average molecular weight is 683 g/mol. The Labute approximate surface area is 271 Å². The van der Waals surface area contributed by atoms with Gasteiger partial charge in [0.05, 0.1) is 37.6 Å². The molecule has 3 rings (SSSR count). The van der Waals surface area contributed by atoms with E-state index in [-0.39, 0.29) is 26.0 Å². The molecular weight excluding hydrogens is 632 g/mol. The lowest BCUT2D eigenvalue weighted by Gasteiger charge is -2.51. The van der Waals surface area contributed by atoms with Crippen molar-refractivity contribution in [1.82, 2.24) is 5.32 Å². The van der Waals surface area contributed by atoms with Crippen molar-refractivity contribution in [2.75, 3.05) is 26.4 Å². The molecule has 3 heterocycles. The molecule has 3 fully saturated rings.